The van der Waals surface area contributed by atoms with E-state index in [4.69, 9.17) is 4.74 Å². The molecular weight excluding hydrogens is 232 g/mol. The molecule has 1 aliphatic heterocycles. The van der Waals surface area contributed by atoms with E-state index in [-0.39, 0.29) is 5.60 Å². The lowest BCUT2D eigenvalue weighted by molar-refractivity contribution is -0.138. The van der Waals surface area contributed by atoms with Crippen molar-refractivity contribution in [2.24, 2.45) is 0 Å². The highest BCUT2D eigenvalue weighted by Crippen LogP contribution is 2.02. The van der Waals surface area contributed by atoms with Gasteiger partial charge in [-0.2, -0.15) is 0 Å². The first-order chi connectivity index (χ1) is 8.49. The van der Waals surface area contributed by atoms with E-state index in [9.17, 15) is 4.79 Å². The van der Waals surface area contributed by atoms with Gasteiger partial charge >= 0.3 is 0 Å². The molecule has 1 N–H and O–H groups in total. The van der Waals surface area contributed by atoms with E-state index in [1.54, 1.807) is 7.11 Å². The van der Waals surface area contributed by atoms with Crippen LogP contribution >= 0.6 is 0 Å². The fourth-order valence-corrected chi connectivity index (χ4v) is 1.51. The number of nitrogens with zero attached hydrogens (tertiary/aromatic N) is 1. The molecule has 0 unspecified atom stereocenters. The molecule has 0 atom stereocenters. The number of nitrogens with one attached hydrogen (secondary N) is 1. The Bertz CT molecular complexity index is 199. The second-order valence-corrected chi connectivity index (χ2v) is 5.26. The van der Waals surface area contributed by atoms with Crippen LogP contribution in [0.25, 0.3) is 0 Å². The largest absolute Gasteiger partial charge is 0.462 e. The fourth-order valence-electron chi connectivity index (χ4n) is 1.51. The number of carbonyl (C=O) groups excluding carboxylic acids is 1. The number of carbonyl (C=O) groups is 1. The zero-order valence-corrected chi connectivity index (χ0v) is 12.2. The maximum Gasteiger partial charge on any atom is 0.293 e. The average molecular weight is 260 g/mol. The van der Waals surface area contributed by atoms with Gasteiger partial charge in [0.15, 0.2) is 0 Å². The van der Waals surface area contributed by atoms with Crippen molar-refractivity contribution in [2.45, 2.75) is 32.8 Å². The maximum absolute atomic E-state index is 9.60. The minimum atomic E-state index is -0.318. The van der Waals surface area contributed by atoms with E-state index in [0.29, 0.717) is 6.47 Å². The molecule has 108 valence electrons. The van der Waals surface area contributed by atoms with Gasteiger partial charge in [-0.15, -0.1) is 0 Å². The van der Waals surface area contributed by atoms with Crippen LogP contribution in [-0.4, -0.2) is 63.4 Å². The first kappa shape index (κ1) is 17.4. The van der Waals surface area contributed by atoms with Crippen LogP contribution in [0.4, 0.5) is 0 Å². The second-order valence-electron chi connectivity index (χ2n) is 5.26. The van der Waals surface area contributed by atoms with Gasteiger partial charge in [-0.05, 0) is 27.2 Å². The van der Waals surface area contributed by atoms with Crippen molar-refractivity contribution in [2.75, 3.05) is 46.4 Å². The highest BCUT2D eigenvalue weighted by atomic mass is 16.5. The third-order valence-corrected chi connectivity index (χ3v) is 2.43. The molecule has 1 rings (SSSR count). The molecule has 0 aromatic heterocycles. The molecular formula is C13H28N2O3. The molecule has 0 radical (unpaired) electrons. The molecule has 5 heteroatoms. The van der Waals surface area contributed by atoms with Gasteiger partial charge in [0.1, 0.15) is 5.60 Å². The van der Waals surface area contributed by atoms with Crippen LogP contribution in [0.15, 0.2) is 0 Å². The molecule has 0 bridgehead atoms. The Morgan fingerprint density at radius 3 is 2.28 bits per heavy atom. The quantitative estimate of drug-likeness (QED) is 0.587. The van der Waals surface area contributed by atoms with Crippen molar-refractivity contribution in [1.82, 2.24) is 10.2 Å². The summed E-state index contributed by atoms with van der Waals surface area (Å²) in [6.45, 7) is 12.7. The van der Waals surface area contributed by atoms with Crippen LogP contribution in [0.1, 0.15) is 27.2 Å². The van der Waals surface area contributed by atoms with Gasteiger partial charge in [0.05, 0.1) is 0 Å². The summed E-state index contributed by atoms with van der Waals surface area (Å²) in [6, 6.07) is 0. The second kappa shape index (κ2) is 10.3. The monoisotopic (exact) mass is 260 g/mol. The fraction of sp³-hybridized carbons (Fsp3) is 0.923. The summed E-state index contributed by atoms with van der Waals surface area (Å²) in [7, 11) is 1.76. The summed E-state index contributed by atoms with van der Waals surface area (Å²) in [5.74, 6) is 0. The van der Waals surface area contributed by atoms with E-state index >= 15 is 0 Å². The lowest BCUT2D eigenvalue weighted by Gasteiger charge is -2.26. The maximum atomic E-state index is 9.60. The molecule has 5 nitrogen and oxygen atoms in total. The van der Waals surface area contributed by atoms with Gasteiger partial charge in [0.25, 0.3) is 6.47 Å². The number of methoxy groups -OCH3 is 1. The molecule has 0 saturated carbocycles. The van der Waals surface area contributed by atoms with Crippen molar-refractivity contribution < 1.29 is 14.3 Å². The lowest BCUT2D eigenvalue weighted by atomic mass is 10.2. The number of piperazine rings is 1. The topological polar surface area (TPSA) is 50.8 Å². The van der Waals surface area contributed by atoms with Crippen LogP contribution in [-0.2, 0) is 14.3 Å². The predicted octanol–water partition coefficient (Wildman–Crippen LogP) is 0.886. The van der Waals surface area contributed by atoms with Crippen LogP contribution in [0.3, 0.4) is 0 Å². The van der Waals surface area contributed by atoms with Gasteiger partial charge < -0.3 is 19.7 Å². The molecule has 1 saturated heterocycles. The molecule has 1 heterocycles. The van der Waals surface area contributed by atoms with Gasteiger partial charge in [-0.1, -0.05) is 0 Å². The predicted molar refractivity (Wildman–Crippen MR) is 72.7 cm³/mol. The molecule has 0 aliphatic carbocycles. The van der Waals surface area contributed by atoms with Gasteiger partial charge in [0, 0.05) is 46.4 Å². The van der Waals surface area contributed by atoms with Gasteiger partial charge in [-0.3, -0.25) is 4.79 Å². The third kappa shape index (κ3) is 11.8. The molecule has 0 aromatic rings. The summed E-state index contributed by atoms with van der Waals surface area (Å²) >= 11 is 0. The zero-order chi connectivity index (χ0) is 13.9. The first-order valence-corrected chi connectivity index (χ1v) is 6.53. The first-order valence-electron chi connectivity index (χ1n) is 6.53. The van der Waals surface area contributed by atoms with Gasteiger partial charge in [-0.25, -0.2) is 0 Å². The van der Waals surface area contributed by atoms with Crippen molar-refractivity contribution in [3.63, 3.8) is 0 Å². The van der Waals surface area contributed by atoms with E-state index in [1.807, 2.05) is 20.8 Å². The van der Waals surface area contributed by atoms with Crippen molar-refractivity contribution in [3.05, 3.63) is 0 Å². The van der Waals surface area contributed by atoms with Crippen molar-refractivity contribution in [3.8, 4) is 0 Å². The Labute approximate surface area is 111 Å². The van der Waals surface area contributed by atoms with Crippen molar-refractivity contribution >= 4 is 6.47 Å². The minimum Gasteiger partial charge on any atom is -0.462 e. The van der Waals surface area contributed by atoms with Crippen LogP contribution < -0.4 is 5.32 Å². The normalized spacial score (nSPS) is 16.7. The van der Waals surface area contributed by atoms with Crippen LogP contribution in [0.5, 0.6) is 0 Å². The Kier molecular flexibility index (Phi) is 9.92. The summed E-state index contributed by atoms with van der Waals surface area (Å²) < 4.78 is 9.54. The molecule has 0 aromatic carbocycles. The van der Waals surface area contributed by atoms with E-state index in [0.717, 1.165) is 26.1 Å². The third-order valence-electron chi connectivity index (χ3n) is 2.43. The smallest absolute Gasteiger partial charge is 0.293 e. The molecule has 0 spiro atoms. The Morgan fingerprint density at radius 1 is 1.28 bits per heavy atom. The average Bonchev–Trinajstić information content (AvgIpc) is 2.30. The van der Waals surface area contributed by atoms with Gasteiger partial charge in [0.2, 0.25) is 0 Å². The molecule has 1 fully saturated rings. The molecule has 1 aliphatic rings. The zero-order valence-electron chi connectivity index (χ0n) is 12.2. The number of ether oxygens (including phenoxy) is 2. The number of hydrogen-bond acceptors (Lipinski definition) is 5. The standard InChI is InChI=1S/C8H18N2O.C5H10O2/c1-11-8-2-5-10-6-3-9-4-7-10;1-5(2,3)7-4-6/h9H,2-8H2,1H3;4H,1-3H3. The Morgan fingerprint density at radius 2 is 1.89 bits per heavy atom. The molecule has 0 amide bonds. The molecule has 18 heavy (non-hydrogen) atoms. The van der Waals surface area contributed by atoms with Crippen molar-refractivity contribution in [1.29, 1.82) is 0 Å². The van der Waals surface area contributed by atoms with E-state index in [2.05, 4.69) is 15.0 Å². The Balaban J connectivity index is 0.000000360. The highest BCUT2D eigenvalue weighted by molar-refractivity contribution is 5.37. The van der Waals surface area contributed by atoms with E-state index in [1.165, 1.54) is 19.6 Å². The Hall–Kier alpha value is -0.650. The lowest BCUT2D eigenvalue weighted by Crippen LogP contribution is -2.43. The number of hydrogen-bond donors (Lipinski definition) is 1. The summed E-state index contributed by atoms with van der Waals surface area (Å²) in [4.78, 5) is 12.1. The summed E-state index contributed by atoms with van der Waals surface area (Å²) in [5.41, 5.74) is -0.318. The summed E-state index contributed by atoms with van der Waals surface area (Å²) in [5, 5.41) is 3.33. The van der Waals surface area contributed by atoms with Crippen LogP contribution in [0.2, 0.25) is 0 Å². The number of rotatable bonds is 5. The summed E-state index contributed by atoms with van der Waals surface area (Å²) in [6.07, 6.45) is 1.16. The highest BCUT2D eigenvalue weighted by Gasteiger charge is 2.08. The van der Waals surface area contributed by atoms with Crippen LogP contribution in [0, 0.1) is 0 Å². The van der Waals surface area contributed by atoms with E-state index < -0.39 is 0 Å². The SMILES string of the molecule is CC(C)(C)OC=O.COCCCN1CCNCC1. The minimum absolute atomic E-state index is 0.318.